The van der Waals surface area contributed by atoms with Gasteiger partial charge in [-0.15, -0.1) is 0 Å². The Kier molecular flexibility index (Phi) is 6.32. The molecule has 1 aliphatic rings. The van der Waals surface area contributed by atoms with Gasteiger partial charge in [0.1, 0.15) is 0 Å². The fourth-order valence-electron chi connectivity index (χ4n) is 2.82. The molecule has 0 spiro atoms. The highest BCUT2D eigenvalue weighted by Gasteiger charge is 2.15. The van der Waals surface area contributed by atoms with Crippen LogP contribution in [0.3, 0.4) is 0 Å². The third-order valence-corrected chi connectivity index (χ3v) is 4.62. The lowest BCUT2D eigenvalue weighted by Crippen LogP contribution is -2.27. The van der Waals surface area contributed by atoms with Crippen LogP contribution in [0.15, 0.2) is 47.7 Å². The molecule has 2 atom stereocenters. The number of allylic oxidation sites excluding steroid dienone is 5. The van der Waals surface area contributed by atoms with Crippen LogP contribution < -0.4 is 0 Å². The zero-order chi connectivity index (χ0) is 15.3. The smallest absolute Gasteiger partial charge is 0.0299 e. The minimum atomic E-state index is 0.543. The third kappa shape index (κ3) is 4.40. The summed E-state index contributed by atoms with van der Waals surface area (Å²) in [5.74, 6) is 0.696. The van der Waals surface area contributed by atoms with Crippen molar-refractivity contribution in [2.75, 3.05) is 7.05 Å². The van der Waals surface area contributed by atoms with Crippen molar-refractivity contribution in [3.05, 3.63) is 47.7 Å². The van der Waals surface area contributed by atoms with Crippen molar-refractivity contribution in [3.8, 4) is 0 Å². The second-order valence-electron chi connectivity index (χ2n) is 6.26. The minimum absolute atomic E-state index is 0.543. The van der Waals surface area contributed by atoms with Gasteiger partial charge in [-0.3, -0.25) is 0 Å². The molecule has 0 fully saturated rings. The van der Waals surface area contributed by atoms with E-state index in [1.807, 2.05) is 0 Å². The number of likely N-dealkylation sites (N-methyl/N-ethyl adjacent to an activating group) is 1. The zero-order valence-electron chi connectivity index (χ0n) is 14.0. The molecule has 1 nitrogen and oxygen atoms in total. The van der Waals surface area contributed by atoms with Gasteiger partial charge in [0.05, 0.1) is 0 Å². The Balaban J connectivity index is 3.17. The van der Waals surface area contributed by atoms with Crippen LogP contribution in [0.1, 0.15) is 53.4 Å². The van der Waals surface area contributed by atoms with Gasteiger partial charge in [0.15, 0.2) is 0 Å². The van der Waals surface area contributed by atoms with Gasteiger partial charge in [0, 0.05) is 18.8 Å². The molecule has 0 aromatic heterocycles. The van der Waals surface area contributed by atoms with Gasteiger partial charge in [-0.05, 0) is 57.6 Å². The van der Waals surface area contributed by atoms with E-state index >= 15 is 0 Å². The first-order chi connectivity index (χ1) is 9.36. The Morgan fingerprint density at radius 3 is 2.55 bits per heavy atom. The van der Waals surface area contributed by atoms with Crippen molar-refractivity contribution >= 4 is 0 Å². The average Bonchev–Trinajstić information content (AvgIpc) is 2.41. The van der Waals surface area contributed by atoms with Crippen molar-refractivity contribution in [3.63, 3.8) is 0 Å². The minimum Gasteiger partial charge on any atom is -0.372 e. The standard InChI is InChI=1S/C19H31N/c1-8-18-11-9-10-16(5)20(7)17(6)13-19(14(2)3)12-15(18)4/h12-13,16,18H,2,6,8-11H2,1,3-5,7H3/b15-12+,19-13+. The summed E-state index contributed by atoms with van der Waals surface area (Å²) in [6.07, 6.45) is 9.51. The Hall–Kier alpha value is -1.24. The molecule has 0 aromatic carbocycles. The van der Waals surface area contributed by atoms with Crippen molar-refractivity contribution in [1.29, 1.82) is 0 Å². The van der Waals surface area contributed by atoms with E-state index in [9.17, 15) is 0 Å². The van der Waals surface area contributed by atoms with Gasteiger partial charge in [-0.2, -0.15) is 0 Å². The fraction of sp³-hybridized carbons (Fsp3) is 0.579. The zero-order valence-corrected chi connectivity index (χ0v) is 14.0. The maximum Gasteiger partial charge on any atom is 0.0299 e. The molecule has 20 heavy (non-hydrogen) atoms. The van der Waals surface area contributed by atoms with E-state index < -0.39 is 0 Å². The third-order valence-electron chi connectivity index (χ3n) is 4.62. The quantitative estimate of drug-likeness (QED) is 0.644. The van der Waals surface area contributed by atoms with Gasteiger partial charge in [-0.1, -0.05) is 43.7 Å². The molecule has 0 saturated heterocycles. The van der Waals surface area contributed by atoms with Crippen molar-refractivity contribution in [2.45, 2.75) is 59.4 Å². The largest absolute Gasteiger partial charge is 0.372 e. The molecule has 1 heterocycles. The maximum absolute atomic E-state index is 4.23. The lowest BCUT2D eigenvalue weighted by Gasteiger charge is -2.28. The van der Waals surface area contributed by atoms with E-state index in [4.69, 9.17) is 0 Å². The molecule has 0 saturated carbocycles. The number of hydrogen-bond acceptors (Lipinski definition) is 1. The molecule has 0 aliphatic carbocycles. The SMILES string of the molecule is C=C(C)C1=C/C(=C)N(C)C(C)CCCC(CC)\C(C)=C\1. The Bertz CT molecular complexity index is 425. The van der Waals surface area contributed by atoms with E-state index in [2.05, 4.69) is 65.0 Å². The molecule has 2 unspecified atom stereocenters. The summed E-state index contributed by atoms with van der Waals surface area (Å²) in [7, 11) is 2.14. The molecule has 0 aromatic rings. The van der Waals surface area contributed by atoms with Gasteiger partial charge in [0.25, 0.3) is 0 Å². The molecule has 1 heteroatoms. The first-order valence-electron chi connectivity index (χ1n) is 7.84. The molecule has 0 radical (unpaired) electrons. The number of nitrogens with zero attached hydrogens (tertiary/aromatic N) is 1. The number of hydrogen-bond donors (Lipinski definition) is 0. The predicted molar refractivity (Wildman–Crippen MR) is 90.7 cm³/mol. The molecule has 0 N–H and O–H groups in total. The normalized spacial score (nSPS) is 30.9. The molecular weight excluding hydrogens is 242 g/mol. The molecular formula is C19H31N. The monoisotopic (exact) mass is 273 g/mol. The van der Waals surface area contributed by atoms with Gasteiger partial charge >= 0.3 is 0 Å². The highest BCUT2D eigenvalue weighted by molar-refractivity contribution is 5.43. The van der Waals surface area contributed by atoms with E-state index in [0.29, 0.717) is 12.0 Å². The summed E-state index contributed by atoms with van der Waals surface area (Å²) in [6, 6.07) is 0.543. The lowest BCUT2D eigenvalue weighted by atomic mass is 9.89. The van der Waals surface area contributed by atoms with Crippen LogP contribution in [0.5, 0.6) is 0 Å². The fourth-order valence-corrected chi connectivity index (χ4v) is 2.82. The maximum atomic E-state index is 4.23. The van der Waals surface area contributed by atoms with Crippen LogP contribution in [0.4, 0.5) is 0 Å². The first kappa shape index (κ1) is 16.8. The average molecular weight is 273 g/mol. The molecule has 1 aliphatic heterocycles. The van der Waals surface area contributed by atoms with Crippen LogP contribution in [-0.2, 0) is 0 Å². The van der Waals surface area contributed by atoms with Crippen LogP contribution in [0.25, 0.3) is 0 Å². The summed E-state index contributed by atoms with van der Waals surface area (Å²) in [4.78, 5) is 2.29. The van der Waals surface area contributed by atoms with Crippen LogP contribution in [0, 0.1) is 5.92 Å². The summed E-state index contributed by atoms with van der Waals surface area (Å²) in [6.45, 7) is 17.3. The highest BCUT2D eigenvalue weighted by Crippen LogP contribution is 2.27. The number of rotatable bonds is 2. The Labute approximate surface area is 125 Å². The second-order valence-corrected chi connectivity index (χ2v) is 6.26. The van der Waals surface area contributed by atoms with Crippen LogP contribution >= 0.6 is 0 Å². The molecule has 0 bridgehead atoms. The van der Waals surface area contributed by atoms with Crippen LogP contribution in [0.2, 0.25) is 0 Å². The van der Waals surface area contributed by atoms with Crippen molar-refractivity contribution in [1.82, 2.24) is 4.90 Å². The summed E-state index contributed by atoms with van der Waals surface area (Å²) in [5, 5.41) is 0. The molecule has 0 amide bonds. The second kappa shape index (κ2) is 7.52. The van der Waals surface area contributed by atoms with Crippen molar-refractivity contribution in [2.24, 2.45) is 5.92 Å². The Morgan fingerprint density at radius 2 is 2.00 bits per heavy atom. The topological polar surface area (TPSA) is 3.24 Å². The van der Waals surface area contributed by atoms with E-state index in [1.165, 1.54) is 36.8 Å². The highest BCUT2D eigenvalue weighted by atomic mass is 15.1. The van der Waals surface area contributed by atoms with E-state index in [1.54, 1.807) is 0 Å². The summed E-state index contributed by atoms with van der Waals surface area (Å²) in [5.41, 5.74) is 4.88. The van der Waals surface area contributed by atoms with Crippen LogP contribution in [-0.4, -0.2) is 18.0 Å². The molecule has 1 rings (SSSR count). The lowest BCUT2D eigenvalue weighted by molar-refractivity contribution is 0.304. The summed E-state index contributed by atoms with van der Waals surface area (Å²) < 4.78 is 0. The Morgan fingerprint density at radius 1 is 1.35 bits per heavy atom. The van der Waals surface area contributed by atoms with Gasteiger partial charge in [0.2, 0.25) is 0 Å². The summed E-state index contributed by atoms with van der Waals surface area (Å²) >= 11 is 0. The van der Waals surface area contributed by atoms with Crippen molar-refractivity contribution < 1.29 is 0 Å². The van der Waals surface area contributed by atoms with Gasteiger partial charge in [-0.25, -0.2) is 0 Å². The molecule has 112 valence electrons. The van der Waals surface area contributed by atoms with Gasteiger partial charge < -0.3 is 4.90 Å². The first-order valence-corrected chi connectivity index (χ1v) is 7.84. The predicted octanol–water partition coefficient (Wildman–Crippen LogP) is 5.48. The van der Waals surface area contributed by atoms with E-state index in [0.717, 1.165) is 11.3 Å². The van der Waals surface area contributed by atoms with E-state index in [-0.39, 0.29) is 0 Å².